The summed E-state index contributed by atoms with van der Waals surface area (Å²) >= 11 is 1.56. The van der Waals surface area contributed by atoms with Gasteiger partial charge in [0.1, 0.15) is 0 Å². The molecule has 0 aliphatic heterocycles. The van der Waals surface area contributed by atoms with Gasteiger partial charge in [-0.25, -0.2) is 13.8 Å². The van der Waals surface area contributed by atoms with Crippen molar-refractivity contribution in [2.75, 3.05) is 17.7 Å². The minimum absolute atomic E-state index is 0.0271. The fourth-order valence-electron chi connectivity index (χ4n) is 1.34. The highest BCUT2D eigenvalue weighted by Crippen LogP contribution is 2.19. The number of thiophene rings is 1. The molecular weight excluding hydrogens is 244 g/mol. The maximum absolute atomic E-state index is 13.4. The van der Waals surface area contributed by atoms with Crippen LogP contribution in [0.3, 0.4) is 0 Å². The third kappa shape index (κ3) is 2.71. The first-order chi connectivity index (χ1) is 8.20. The Morgan fingerprint density at radius 2 is 2.06 bits per heavy atom. The second kappa shape index (κ2) is 5.09. The van der Waals surface area contributed by atoms with E-state index < -0.39 is 11.6 Å². The van der Waals surface area contributed by atoms with Gasteiger partial charge in [-0.15, -0.1) is 0 Å². The molecule has 0 radical (unpaired) electrons. The fraction of sp³-hybridized carbons (Fsp3) is 0.182. The third-order valence-corrected chi connectivity index (χ3v) is 2.94. The van der Waals surface area contributed by atoms with E-state index >= 15 is 0 Å². The molecule has 0 fully saturated rings. The first kappa shape index (κ1) is 11.8. The summed E-state index contributed by atoms with van der Waals surface area (Å²) < 4.78 is 26.6. The van der Waals surface area contributed by atoms with Crippen LogP contribution in [0.2, 0.25) is 0 Å². The molecule has 0 amide bonds. The van der Waals surface area contributed by atoms with E-state index in [0.717, 1.165) is 11.6 Å². The Hall–Kier alpha value is -1.69. The van der Waals surface area contributed by atoms with Crippen LogP contribution in [0.5, 0.6) is 0 Å². The van der Waals surface area contributed by atoms with E-state index in [9.17, 15) is 8.78 Å². The molecule has 3 nitrogen and oxygen atoms in total. The normalized spacial score (nSPS) is 10.3. The second-order valence-corrected chi connectivity index (χ2v) is 4.16. The molecule has 0 atom stereocenters. The Morgan fingerprint density at radius 1 is 1.29 bits per heavy atom. The van der Waals surface area contributed by atoms with E-state index in [1.807, 2.05) is 16.8 Å². The van der Waals surface area contributed by atoms with Gasteiger partial charge in [0.05, 0.1) is 0 Å². The number of pyridine rings is 1. The lowest BCUT2D eigenvalue weighted by Gasteiger charge is -2.08. The third-order valence-electron chi connectivity index (χ3n) is 2.21. The Labute approximate surface area is 102 Å². The van der Waals surface area contributed by atoms with Crippen LogP contribution in [-0.4, -0.2) is 12.0 Å². The summed E-state index contributed by atoms with van der Waals surface area (Å²) in [4.78, 5) is 3.82. The topological polar surface area (TPSA) is 37.0 Å². The summed E-state index contributed by atoms with van der Waals surface area (Å²) in [6.07, 6.45) is 0. The highest BCUT2D eigenvalue weighted by Gasteiger charge is 2.10. The largest absolute Gasteiger partial charge is 0.371 e. The predicted octanol–water partition coefficient (Wildman–Crippen LogP) is 3.08. The van der Waals surface area contributed by atoms with Gasteiger partial charge in [0.15, 0.2) is 23.3 Å². The number of rotatable bonds is 4. The zero-order valence-corrected chi connectivity index (χ0v) is 9.94. The van der Waals surface area contributed by atoms with E-state index in [-0.39, 0.29) is 11.6 Å². The van der Waals surface area contributed by atoms with Crippen molar-refractivity contribution in [3.05, 3.63) is 40.1 Å². The van der Waals surface area contributed by atoms with Crippen molar-refractivity contribution < 1.29 is 8.78 Å². The molecule has 2 heterocycles. The summed E-state index contributed by atoms with van der Waals surface area (Å²) in [5.74, 6) is -1.33. The molecule has 2 aromatic heterocycles. The molecule has 0 bridgehead atoms. The van der Waals surface area contributed by atoms with Crippen LogP contribution in [0.4, 0.5) is 20.4 Å². The number of hydrogen-bond acceptors (Lipinski definition) is 4. The van der Waals surface area contributed by atoms with Crippen LogP contribution >= 0.6 is 11.3 Å². The first-order valence-electron chi connectivity index (χ1n) is 4.99. The van der Waals surface area contributed by atoms with Gasteiger partial charge in [0.2, 0.25) is 0 Å². The molecule has 2 N–H and O–H groups in total. The monoisotopic (exact) mass is 255 g/mol. The Morgan fingerprint density at radius 3 is 2.71 bits per heavy atom. The van der Waals surface area contributed by atoms with Crippen LogP contribution in [0, 0.1) is 11.6 Å². The second-order valence-electron chi connectivity index (χ2n) is 3.38. The van der Waals surface area contributed by atoms with Gasteiger partial charge in [0, 0.05) is 19.7 Å². The van der Waals surface area contributed by atoms with Crippen LogP contribution in [0.15, 0.2) is 22.9 Å². The van der Waals surface area contributed by atoms with Crippen molar-refractivity contribution in [2.45, 2.75) is 6.54 Å². The number of nitrogens with one attached hydrogen (secondary N) is 2. The van der Waals surface area contributed by atoms with Gasteiger partial charge in [-0.2, -0.15) is 11.3 Å². The van der Waals surface area contributed by atoms with Gasteiger partial charge < -0.3 is 10.6 Å². The average Bonchev–Trinajstić information content (AvgIpc) is 2.81. The van der Waals surface area contributed by atoms with Crippen molar-refractivity contribution in [3.8, 4) is 0 Å². The highest BCUT2D eigenvalue weighted by molar-refractivity contribution is 7.07. The van der Waals surface area contributed by atoms with Crippen molar-refractivity contribution in [3.63, 3.8) is 0 Å². The van der Waals surface area contributed by atoms with Gasteiger partial charge in [-0.3, -0.25) is 0 Å². The van der Waals surface area contributed by atoms with Crippen molar-refractivity contribution in [1.82, 2.24) is 4.98 Å². The summed E-state index contributed by atoms with van der Waals surface area (Å²) in [6.45, 7) is 0.461. The SMILES string of the molecule is CNc1nc(NCc2ccsc2)c(F)cc1F. The molecule has 90 valence electrons. The van der Waals surface area contributed by atoms with Gasteiger partial charge in [-0.1, -0.05) is 0 Å². The Kier molecular flexibility index (Phi) is 3.53. The number of nitrogens with zero attached hydrogens (tertiary/aromatic N) is 1. The quantitative estimate of drug-likeness (QED) is 0.881. The minimum atomic E-state index is -0.703. The molecule has 0 spiro atoms. The van der Waals surface area contributed by atoms with Crippen molar-refractivity contribution >= 4 is 23.0 Å². The smallest absolute Gasteiger partial charge is 0.168 e. The zero-order valence-electron chi connectivity index (χ0n) is 9.13. The van der Waals surface area contributed by atoms with Gasteiger partial charge >= 0.3 is 0 Å². The summed E-state index contributed by atoms with van der Waals surface area (Å²) in [7, 11) is 1.53. The Bertz CT molecular complexity index is 500. The number of anilines is 2. The maximum atomic E-state index is 13.4. The molecule has 17 heavy (non-hydrogen) atoms. The van der Waals surface area contributed by atoms with Crippen molar-refractivity contribution in [1.29, 1.82) is 0 Å². The van der Waals surface area contributed by atoms with E-state index in [1.165, 1.54) is 7.05 Å². The van der Waals surface area contributed by atoms with E-state index in [2.05, 4.69) is 15.6 Å². The van der Waals surface area contributed by atoms with E-state index in [4.69, 9.17) is 0 Å². The number of aromatic nitrogens is 1. The molecule has 2 rings (SSSR count). The molecule has 0 aliphatic rings. The molecule has 0 unspecified atom stereocenters. The number of hydrogen-bond donors (Lipinski definition) is 2. The summed E-state index contributed by atoms with van der Waals surface area (Å²) in [6, 6.07) is 2.74. The van der Waals surface area contributed by atoms with Crippen LogP contribution < -0.4 is 10.6 Å². The van der Waals surface area contributed by atoms with E-state index in [0.29, 0.717) is 6.54 Å². The highest BCUT2D eigenvalue weighted by atomic mass is 32.1. The standard InChI is InChI=1S/C11H11F2N3S/c1-14-10-8(12)4-9(13)11(16-10)15-5-7-2-3-17-6-7/h2-4,6H,5H2,1H3,(H2,14,15,16). The lowest BCUT2D eigenvalue weighted by Crippen LogP contribution is -2.06. The molecule has 0 saturated heterocycles. The molecule has 6 heteroatoms. The predicted molar refractivity (Wildman–Crippen MR) is 65.3 cm³/mol. The average molecular weight is 255 g/mol. The van der Waals surface area contributed by atoms with Crippen LogP contribution in [0.1, 0.15) is 5.56 Å². The fourth-order valence-corrected chi connectivity index (χ4v) is 2.01. The molecule has 2 aromatic rings. The maximum Gasteiger partial charge on any atom is 0.168 e. The molecule has 0 saturated carbocycles. The first-order valence-corrected chi connectivity index (χ1v) is 5.93. The molecule has 0 aliphatic carbocycles. The minimum Gasteiger partial charge on any atom is -0.371 e. The lowest BCUT2D eigenvalue weighted by molar-refractivity contribution is 0.578. The summed E-state index contributed by atoms with van der Waals surface area (Å²) in [5.41, 5.74) is 1.03. The molecule has 0 aromatic carbocycles. The van der Waals surface area contributed by atoms with Gasteiger partial charge in [-0.05, 0) is 22.4 Å². The van der Waals surface area contributed by atoms with Gasteiger partial charge in [0.25, 0.3) is 0 Å². The Balaban J connectivity index is 2.15. The number of halogens is 2. The summed E-state index contributed by atoms with van der Waals surface area (Å²) in [5, 5.41) is 9.28. The van der Waals surface area contributed by atoms with Crippen LogP contribution in [0.25, 0.3) is 0 Å². The van der Waals surface area contributed by atoms with Crippen LogP contribution in [-0.2, 0) is 6.54 Å². The van der Waals surface area contributed by atoms with Crippen molar-refractivity contribution in [2.24, 2.45) is 0 Å². The molecular formula is C11H11F2N3S. The lowest BCUT2D eigenvalue weighted by atomic mass is 10.3. The zero-order chi connectivity index (χ0) is 12.3. The van der Waals surface area contributed by atoms with E-state index in [1.54, 1.807) is 11.3 Å².